The normalized spacial score (nSPS) is 12.4. The van der Waals surface area contributed by atoms with E-state index in [1.807, 2.05) is 18.6 Å². The van der Waals surface area contributed by atoms with Crippen LogP contribution in [0.15, 0.2) is 33.0 Å². The number of nitrogens with one attached hydrogen (secondary N) is 1. The molecule has 0 fully saturated rings. The van der Waals surface area contributed by atoms with Gasteiger partial charge in [-0.15, -0.1) is 11.3 Å². The molecule has 3 aromatic rings. The zero-order valence-corrected chi connectivity index (χ0v) is 23.8. The highest BCUT2D eigenvalue weighted by Gasteiger charge is 2.27. The van der Waals surface area contributed by atoms with Crippen molar-refractivity contribution in [1.29, 1.82) is 0 Å². The van der Waals surface area contributed by atoms with Gasteiger partial charge in [-0.1, -0.05) is 13.3 Å². The van der Waals surface area contributed by atoms with Gasteiger partial charge in [0, 0.05) is 11.4 Å². The third-order valence-corrected chi connectivity index (χ3v) is 6.86. The maximum Gasteiger partial charge on any atom is 0.408 e. The summed E-state index contributed by atoms with van der Waals surface area (Å²) in [6.45, 7) is 9.21. The molecule has 3 rings (SSSR count). The van der Waals surface area contributed by atoms with Crippen LogP contribution in [0.3, 0.4) is 0 Å². The number of benzene rings is 1. The molecule has 0 saturated heterocycles. The summed E-state index contributed by atoms with van der Waals surface area (Å²) in [4.78, 5) is 43.2. The molecule has 200 valence electrons. The van der Waals surface area contributed by atoms with E-state index in [2.05, 4.69) is 17.2 Å². The summed E-state index contributed by atoms with van der Waals surface area (Å²) in [5.74, 6) is 0.351. The van der Waals surface area contributed by atoms with Crippen LogP contribution in [-0.2, 0) is 16.0 Å². The lowest BCUT2D eigenvalue weighted by Gasteiger charge is -2.23. The Morgan fingerprint density at radius 1 is 1.27 bits per heavy atom. The molecule has 0 saturated carbocycles. The Hall–Kier alpha value is -2.85. The number of thioether (sulfide) groups is 1. The third-order valence-electron chi connectivity index (χ3n) is 5.45. The topological polar surface area (TPSA) is 108 Å². The summed E-state index contributed by atoms with van der Waals surface area (Å²) < 4.78 is 16.9. The average Bonchev–Trinajstić information content (AvgIpc) is 3.25. The Kier molecular flexibility index (Phi) is 9.78. The minimum atomic E-state index is -0.890. The van der Waals surface area contributed by atoms with Gasteiger partial charge in [0.1, 0.15) is 29.2 Å². The number of ether oxygens (including phenoxy) is 2. The monoisotopic (exact) mass is 546 g/mol. The number of hydrogen-bond acceptors (Lipinski definition) is 9. The van der Waals surface area contributed by atoms with Gasteiger partial charge in [0.05, 0.1) is 21.7 Å². The minimum Gasteiger partial charge on any atom is -0.463 e. The van der Waals surface area contributed by atoms with E-state index in [9.17, 15) is 14.4 Å². The number of nitrogens with zero attached hydrogens (tertiary/aromatic N) is 1. The fourth-order valence-electron chi connectivity index (χ4n) is 3.64. The summed E-state index contributed by atoms with van der Waals surface area (Å²) in [5.41, 5.74) is 1.12. The molecule has 0 aliphatic heterocycles. The number of thiazole rings is 1. The van der Waals surface area contributed by atoms with Gasteiger partial charge in [-0.05, 0) is 70.6 Å². The molecule has 0 aliphatic carbocycles. The van der Waals surface area contributed by atoms with Gasteiger partial charge in [0.15, 0.2) is 0 Å². The number of hydrogen-bond donors (Lipinski definition) is 1. The number of amides is 1. The molecule has 10 heteroatoms. The molecule has 1 aromatic carbocycles. The molecule has 37 heavy (non-hydrogen) atoms. The lowest BCUT2D eigenvalue weighted by molar-refractivity contribution is -0.136. The standard InChI is InChI=1S/C27H34N2O6S2/c1-7-8-9-17-12-18-23(33-14-19(24(18)30)21-15-37-16(2)28-21)13-22(17)34-25(31)20(10-11-36-6)29-26(32)35-27(3,4)5/h12-15,20H,7-11H2,1-6H3,(H,29,32)/t20-/m0/s1. The van der Waals surface area contributed by atoms with Crippen LogP contribution >= 0.6 is 23.1 Å². The van der Waals surface area contributed by atoms with Crippen LogP contribution < -0.4 is 15.5 Å². The van der Waals surface area contributed by atoms with Gasteiger partial charge < -0.3 is 19.2 Å². The molecular weight excluding hydrogens is 512 g/mol. The summed E-state index contributed by atoms with van der Waals surface area (Å²) in [7, 11) is 0. The first-order valence-corrected chi connectivity index (χ1v) is 14.5. The lowest BCUT2D eigenvalue weighted by atomic mass is 10.0. The summed E-state index contributed by atoms with van der Waals surface area (Å²) in [5, 5.41) is 5.72. The quantitative estimate of drug-likeness (QED) is 0.239. The van der Waals surface area contributed by atoms with E-state index < -0.39 is 23.7 Å². The fraction of sp³-hybridized carbons (Fsp3) is 0.481. The van der Waals surface area contributed by atoms with Crippen molar-refractivity contribution in [3.8, 4) is 17.0 Å². The van der Waals surface area contributed by atoms with Crippen LogP contribution in [0.2, 0.25) is 0 Å². The number of aryl methyl sites for hydroxylation is 2. The Morgan fingerprint density at radius 3 is 2.65 bits per heavy atom. The fourth-order valence-corrected chi connectivity index (χ4v) is 4.72. The van der Waals surface area contributed by atoms with Gasteiger partial charge >= 0.3 is 12.1 Å². The van der Waals surface area contributed by atoms with Crippen molar-refractivity contribution < 1.29 is 23.5 Å². The Bertz CT molecular complexity index is 1310. The molecule has 1 amide bonds. The first-order valence-electron chi connectivity index (χ1n) is 12.2. The van der Waals surface area contributed by atoms with E-state index in [0.29, 0.717) is 46.6 Å². The second-order valence-electron chi connectivity index (χ2n) is 9.69. The highest BCUT2D eigenvalue weighted by molar-refractivity contribution is 7.98. The van der Waals surface area contributed by atoms with Gasteiger partial charge in [-0.3, -0.25) is 4.79 Å². The van der Waals surface area contributed by atoms with Crippen LogP contribution in [-0.4, -0.2) is 40.7 Å². The number of carbonyl (C=O) groups is 2. The summed E-state index contributed by atoms with van der Waals surface area (Å²) in [6, 6.07) is 2.43. The number of unbranched alkanes of at least 4 members (excludes halogenated alkanes) is 1. The molecule has 0 radical (unpaired) electrons. The minimum absolute atomic E-state index is 0.188. The predicted molar refractivity (Wildman–Crippen MR) is 149 cm³/mol. The highest BCUT2D eigenvalue weighted by Crippen LogP contribution is 2.29. The van der Waals surface area contributed by atoms with Crippen molar-refractivity contribution in [2.24, 2.45) is 0 Å². The van der Waals surface area contributed by atoms with Crippen molar-refractivity contribution in [2.45, 2.75) is 71.9 Å². The number of fused-ring (bicyclic) bond motifs is 1. The number of aromatic nitrogens is 1. The van der Waals surface area contributed by atoms with Crippen molar-refractivity contribution in [3.05, 3.63) is 44.6 Å². The van der Waals surface area contributed by atoms with Gasteiger partial charge in [0.2, 0.25) is 5.43 Å². The smallest absolute Gasteiger partial charge is 0.408 e. The molecule has 2 heterocycles. The van der Waals surface area contributed by atoms with Gasteiger partial charge in [0.25, 0.3) is 0 Å². The Labute approximate surface area is 225 Å². The summed E-state index contributed by atoms with van der Waals surface area (Å²) >= 11 is 3.02. The van der Waals surface area contributed by atoms with Crippen molar-refractivity contribution in [3.63, 3.8) is 0 Å². The van der Waals surface area contributed by atoms with Crippen LogP contribution in [0.4, 0.5) is 4.79 Å². The third kappa shape index (κ3) is 7.82. The number of carbonyl (C=O) groups excluding carboxylic acids is 2. The number of rotatable bonds is 10. The summed E-state index contributed by atoms with van der Waals surface area (Å²) in [6.07, 6.45) is 5.39. The van der Waals surface area contributed by atoms with E-state index in [0.717, 1.165) is 23.4 Å². The van der Waals surface area contributed by atoms with Crippen molar-refractivity contribution >= 4 is 46.1 Å². The van der Waals surface area contributed by atoms with Crippen LogP contribution in [0.25, 0.3) is 22.2 Å². The van der Waals surface area contributed by atoms with E-state index in [1.165, 1.54) is 17.6 Å². The zero-order chi connectivity index (χ0) is 27.2. The predicted octanol–water partition coefficient (Wildman–Crippen LogP) is 6.12. The second-order valence-corrected chi connectivity index (χ2v) is 11.7. The molecule has 1 atom stereocenters. The number of alkyl carbamates (subject to hydrolysis) is 1. The molecule has 8 nitrogen and oxygen atoms in total. The lowest BCUT2D eigenvalue weighted by Crippen LogP contribution is -2.45. The van der Waals surface area contributed by atoms with Crippen molar-refractivity contribution in [1.82, 2.24) is 10.3 Å². The average molecular weight is 547 g/mol. The van der Waals surface area contributed by atoms with E-state index in [-0.39, 0.29) is 5.43 Å². The molecule has 1 N–H and O–H groups in total. The molecule has 0 bridgehead atoms. The van der Waals surface area contributed by atoms with Crippen molar-refractivity contribution in [2.75, 3.05) is 12.0 Å². The number of esters is 1. The molecule has 0 spiro atoms. The van der Waals surface area contributed by atoms with Gasteiger partial charge in [-0.2, -0.15) is 11.8 Å². The maximum absolute atomic E-state index is 13.3. The highest BCUT2D eigenvalue weighted by atomic mass is 32.2. The molecular formula is C27H34N2O6S2. The van der Waals surface area contributed by atoms with E-state index >= 15 is 0 Å². The zero-order valence-electron chi connectivity index (χ0n) is 22.1. The SMILES string of the molecule is CCCCc1cc2c(=O)c(-c3csc(C)n3)coc2cc1OC(=O)[C@H](CCSC)NC(=O)OC(C)(C)C. The first kappa shape index (κ1) is 28.7. The second kappa shape index (κ2) is 12.6. The molecule has 2 aromatic heterocycles. The van der Waals surface area contributed by atoms with Gasteiger partial charge in [-0.25, -0.2) is 14.6 Å². The van der Waals surface area contributed by atoms with Crippen LogP contribution in [0, 0.1) is 6.92 Å². The maximum atomic E-state index is 13.3. The van der Waals surface area contributed by atoms with Crippen LogP contribution in [0.1, 0.15) is 57.5 Å². The van der Waals surface area contributed by atoms with E-state index in [1.54, 1.807) is 44.7 Å². The van der Waals surface area contributed by atoms with E-state index in [4.69, 9.17) is 13.9 Å². The largest absolute Gasteiger partial charge is 0.463 e. The van der Waals surface area contributed by atoms with Crippen LogP contribution in [0.5, 0.6) is 5.75 Å². The Balaban J connectivity index is 1.94. The Morgan fingerprint density at radius 2 is 2.03 bits per heavy atom. The molecule has 0 aliphatic rings. The first-order chi connectivity index (χ1) is 17.5. The molecule has 0 unspecified atom stereocenters.